The Balaban J connectivity index is 2.60. The minimum Gasteiger partial charge on any atom is -0.329 e. The van der Waals surface area contributed by atoms with Gasteiger partial charge in [-0.05, 0) is 0 Å². The van der Waals surface area contributed by atoms with E-state index < -0.39 is 0 Å². The van der Waals surface area contributed by atoms with E-state index in [0.29, 0.717) is 26.2 Å². The van der Waals surface area contributed by atoms with Crippen LogP contribution in [0, 0.1) is 0 Å². The second kappa shape index (κ2) is 7.80. The van der Waals surface area contributed by atoms with Crippen LogP contribution in [0.15, 0.2) is 0 Å². The first-order valence-corrected chi connectivity index (χ1v) is 2.93. The number of hydroxylamine groups is 2. The average Bonchev–Trinajstić information content (AvgIpc) is 1.89. The number of hydrogen-bond acceptors (Lipinski definition) is 5. The van der Waals surface area contributed by atoms with E-state index in [4.69, 9.17) is 11.5 Å². The van der Waals surface area contributed by atoms with Gasteiger partial charge in [0, 0.05) is 26.2 Å². The summed E-state index contributed by atoms with van der Waals surface area (Å²) in [6, 6.07) is 0. The van der Waals surface area contributed by atoms with E-state index >= 15 is 0 Å². The van der Waals surface area contributed by atoms with Gasteiger partial charge in [0.1, 0.15) is 0 Å². The van der Waals surface area contributed by atoms with Crippen LogP contribution in [-0.2, 0) is 4.94 Å². The monoisotopic (exact) mass is 134 g/mol. The molecule has 0 radical (unpaired) electrons. The Morgan fingerprint density at radius 2 is 1.44 bits per heavy atom. The molecule has 0 heterocycles. The van der Waals surface area contributed by atoms with E-state index in [1.54, 1.807) is 0 Å². The van der Waals surface area contributed by atoms with Crippen molar-refractivity contribution >= 4 is 0 Å². The Hall–Kier alpha value is -0.200. The predicted octanol–water partition coefficient (Wildman–Crippen LogP) is -2.07. The third-order valence-electron chi connectivity index (χ3n) is 0.637. The SMILES string of the molecule is NCCNONCCN. The van der Waals surface area contributed by atoms with Crippen molar-refractivity contribution in [3.8, 4) is 0 Å². The zero-order valence-corrected chi connectivity index (χ0v) is 5.39. The molecule has 0 amide bonds. The Morgan fingerprint density at radius 3 is 1.78 bits per heavy atom. The Labute approximate surface area is 54.6 Å². The standard InChI is InChI=1S/C4H14N4O/c5-1-3-7-9-8-4-2-6/h7-8H,1-6H2. The first-order chi connectivity index (χ1) is 4.41. The molecular formula is C4H14N4O. The molecule has 0 atom stereocenters. The number of nitrogens with one attached hydrogen (secondary N) is 2. The van der Waals surface area contributed by atoms with Crippen LogP contribution >= 0.6 is 0 Å². The molecule has 0 aromatic rings. The van der Waals surface area contributed by atoms with Crippen LogP contribution in [0.2, 0.25) is 0 Å². The number of nitrogens with two attached hydrogens (primary N) is 2. The van der Waals surface area contributed by atoms with Crippen LogP contribution in [0.4, 0.5) is 0 Å². The van der Waals surface area contributed by atoms with Gasteiger partial charge in [-0.1, -0.05) is 0 Å². The molecule has 0 unspecified atom stereocenters. The van der Waals surface area contributed by atoms with E-state index in [0.717, 1.165) is 0 Å². The number of hydrogen-bond donors (Lipinski definition) is 4. The lowest BCUT2D eigenvalue weighted by atomic mass is 10.7. The Morgan fingerprint density at radius 1 is 1.00 bits per heavy atom. The van der Waals surface area contributed by atoms with E-state index in [-0.39, 0.29) is 0 Å². The molecule has 0 aromatic heterocycles. The molecule has 56 valence electrons. The van der Waals surface area contributed by atoms with Crippen LogP contribution in [0.25, 0.3) is 0 Å². The van der Waals surface area contributed by atoms with E-state index in [1.807, 2.05) is 0 Å². The summed E-state index contributed by atoms with van der Waals surface area (Å²) in [5.41, 5.74) is 15.5. The van der Waals surface area contributed by atoms with Crippen LogP contribution in [0.5, 0.6) is 0 Å². The Bertz CT molecular complexity index is 45.8. The van der Waals surface area contributed by atoms with Gasteiger partial charge in [-0.15, -0.1) is 0 Å². The molecule has 0 bridgehead atoms. The molecule has 0 aliphatic carbocycles. The topological polar surface area (TPSA) is 85.3 Å². The van der Waals surface area contributed by atoms with Crippen molar-refractivity contribution in [3.63, 3.8) is 0 Å². The summed E-state index contributed by atoms with van der Waals surface area (Å²) in [6.07, 6.45) is 0. The third-order valence-corrected chi connectivity index (χ3v) is 0.637. The van der Waals surface area contributed by atoms with Crippen molar-refractivity contribution < 1.29 is 4.94 Å². The average molecular weight is 134 g/mol. The van der Waals surface area contributed by atoms with Gasteiger partial charge >= 0.3 is 0 Å². The predicted molar refractivity (Wildman–Crippen MR) is 35.2 cm³/mol. The molecule has 6 N–H and O–H groups in total. The molecule has 0 spiro atoms. The normalized spacial score (nSPS) is 10.0. The summed E-state index contributed by atoms with van der Waals surface area (Å²) in [6.45, 7) is 2.39. The van der Waals surface area contributed by atoms with Crippen LogP contribution in [0.1, 0.15) is 0 Å². The quantitative estimate of drug-likeness (QED) is 0.248. The fourth-order valence-corrected chi connectivity index (χ4v) is 0.271. The second-order valence-electron chi connectivity index (χ2n) is 1.47. The first kappa shape index (κ1) is 8.80. The minimum atomic E-state index is 0.560. The van der Waals surface area contributed by atoms with Gasteiger partial charge in [-0.3, -0.25) is 0 Å². The first-order valence-electron chi connectivity index (χ1n) is 2.93. The summed E-state index contributed by atoms with van der Waals surface area (Å²) in [5, 5.41) is 0. The van der Waals surface area contributed by atoms with Crippen LogP contribution in [-0.4, -0.2) is 26.2 Å². The summed E-state index contributed by atoms with van der Waals surface area (Å²) in [4.78, 5) is 4.65. The maximum atomic E-state index is 5.15. The molecule has 0 saturated carbocycles. The molecule has 9 heavy (non-hydrogen) atoms. The van der Waals surface area contributed by atoms with Crippen molar-refractivity contribution in [1.82, 2.24) is 11.0 Å². The molecule has 5 nitrogen and oxygen atoms in total. The van der Waals surface area contributed by atoms with E-state index in [2.05, 4.69) is 15.9 Å². The summed E-state index contributed by atoms with van der Waals surface area (Å²) in [5.74, 6) is 0. The van der Waals surface area contributed by atoms with Crippen molar-refractivity contribution in [2.24, 2.45) is 11.5 Å². The van der Waals surface area contributed by atoms with Gasteiger partial charge in [0.05, 0.1) is 0 Å². The third kappa shape index (κ3) is 7.80. The molecule has 0 aliphatic heterocycles. The molecule has 0 rings (SSSR count). The van der Waals surface area contributed by atoms with Crippen molar-refractivity contribution in [3.05, 3.63) is 0 Å². The van der Waals surface area contributed by atoms with E-state index in [1.165, 1.54) is 0 Å². The van der Waals surface area contributed by atoms with Gasteiger partial charge in [0.25, 0.3) is 0 Å². The van der Waals surface area contributed by atoms with Crippen LogP contribution in [0.3, 0.4) is 0 Å². The molecular weight excluding hydrogens is 120 g/mol. The van der Waals surface area contributed by atoms with Crippen LogP contribution < -0.4 is 22.4 Å². The smallest absolute Gasteiger partial charge is 0.0351 e. The van der Waals surface area contributed by atoms with Gasteiger partial charge in [0.2, 0.25) is 0 Å². The Kier molecular flexibility index (Phi) is 7.63. The highest BCUT2D eigenvalue weighted by molar-refractivity contribution is 4.33. The van der Waals surface area contributed by atoms with Gasteiger partial charge in [-0.2, -0.15) is 11.0 Å². The highest BCUT2D eigenvalue weighted by Gasteiger charge is 1.81. The summed E-state index contributed by atoms with van der Waals surface area (Å²) in [7, 11) is 0. The zero-order chi connectivity index (χ0) is 6.95. The summed E-state index contributed by atoms with van der Waals surface area (Å²) >= 11 is 0. The number of rotatable bonds is 6. The fourth-order valence-electron chi connectivity index (χ4n) is 0.271. The van der Waals surface area contributed by atoms with E-state index in [9.17, 15) is 0 Å². The maximum Gasteiger partial charge on any atom is 0.0351 e. The molecule has 5 heteroatoms. The fraction of sp³-hybridized carbons (Fsp3) is 1.00. The second-order valence-corrected chi connectivity index (χ2v) is 1.47. The lowest BCUT2D eigenvalue weighted by molar-refractivity contribution is -0.0347. The van der Waals surface area contributed by atoms with Gasteiger partial charge in [0.15, 0.2) is 0 Å². The van der Waals surface area contributed by atoms with Gasteiger partial charge in [-0.25, -0.2) is 4.94 Å². The van der Waals surface area contributed by atoms with Gasteiger partial charge < -0.3 is 11.5 Å². The van der Waals surface area contributed by atoms with Crippen molar-refractivity contribution in [2.75, 3.05) is 26.2 Å². The lowest BCUT2D eigenvalue weighted by Gasteiger charge is -2.02. The minimum absolute atomic E-state index is 0.560. The lowest BCUT2D eigenvalue weighted by Crippen LogP contribution is -2.32. The molecule has 0 saturated heterocycles. The highest BCUT2D eigenvalue weighted by Crippen LogP contribution is 1.54. The van der Waals surface area contributed by atoms with Crippen molar-refractivity contribution in [1.29, 1.82) is 0 Å². The molecule has 0 fully saturated rings. The van der Waals surface area contributed by atoms with Crippen molar-refractivity contribution in [2.45, 2.75) is 0 Å². The molecule has 0 aliphatic rings. The highest BCUT2D eigenvalue weighted by atomic mass is 16.8. The maximum absolute atomic E-state index is 5.15. The summed E-state index contributed by atoms with van der Waals surface area (Å²) < 4.78 is 0. The largest absolute Gasteiger partial charge is 0.329 e. The zero-order valence-electron chi connectivity index (χ0n) is 5.39. The molecule has 0 aromatic carbocycles.